The summed E-state index contributed by atoms with van der Waals surface area (Å²) in [5, 5.41) is 0. The van der Waals surface area contributed by atoms with Crippen molar-refractivity contribution in [3.05, 3.63) is 48.0 Å². The van der Waals surface area contributed by atoms with Crippen molar-refractivity contribution in [2.24, 2.45) is 0 Å². The summed E-state index contributed by atoms with van der Waals surface area (Å²) in [5.74, 6) is 0. The van der Waals surface area contributed by atoms with Crippen LogP contribution in [0.4, 0.5) is 4.79 Å². The Morgan fingerprint density at radius 1 is 1.26 bits per heavy atom. The monoisotopic (exact) mass is 261 g/mol. The van der Waals surface area contributed by atoms with Crippen molar-refractivity contribution in [3.63, 3.8) is 0 Å². The highest BCUT2D eigenvalue weighted by atomic mass is 16.6. The van der Waals surface area contributed by atoms with E-state index in [0.717, 1.165) is 5.56 Å². The summed E-state index contributed by atoms with van der Waals surface area (Å²) in [6.07, 6.45) is 3.60. The van der Waals surface area contributed by atoms with Crippen LogP contribution in [-0.2, 0) is 11.3 Å². The lowest BCUT2D eigenvalue weighted by atomic mass is 10.2. The minimum absolute atomic E-state index is 0.283. The number of hydrogen-bond donors (Lipinski definition) is 0. The second-order valence-electron chi connectivity index (χ2n) is 5.42. The van der Waals surface area contributed by atoms with Crippen molar-refractivity contribution in [1.29, 1.82) is 0 Å². The van der Waals surface area contributed by atoms with Gasteiger partial charge in [-0.1, -0.05) is 42.5 Å². The fourth-order valence-electron chi connectivity index (χ4n) is 1.57. The molecule has 0 saturated carbocycles. The number of hydrogen-bond acceptors (Lipinski definition) is 2. The summed E-state index contributed by atoms with van der Waals surface area (Å²) < 4.78 is 5.42. The molecule has 1 aromatic rings. The molecule has 0 atom stereocenters. The van der Waals surface area contributed by atoms with E-state index in [1.54, 1.807) is 4.90 Å². The van der Waals surface area contributed by atoms with Gasteiger partial charge in [-0.05, 0) is 33.3 Å². The first kappa shape index (κ1) is 15.3. The van der Waals surface area contributed by atoms with Crippen LogP contribution >= 0.6 is 0 Å². The summed E-state index contributed by atoms with van der Waals surface area (Å²) in [4.78, 5) is 13.8. The van der Waals surface area contributed by atoms with Gasteiger partial charge in [-0.15, -0.1) is 0 Å². The van der Waals surface area contributed by atoms with Gasteiger partial charge < -0.3 is 9.64 Å². The zero-order valence-electron chi connectivity index (χ0n) is 12.2. The van der Waals surface area contributed by atoms with Gasteiger partial charge in [0.2, 0.25) is 0 Å². The second kappa shape index (κ2) is 6.98. The third-order valence-electron chi connectivity index (χ3n) is 2.43. The molecule has 1 amide bonds. The number of allylic oxidation sites excluding steroid dienone is 1. The van der Waals surface area contributed by atoms with Crippen LogP contribution in [0.5, 0.6) is 0 Å². The maximum absolute atomic E-state index is 12.1. The van der Waals surface area contributed by atoms with E-state index in [-0.39, 0.29) is 6.09 Å². The van der Waals surface area contributed by atoms with E-state index in [4.69, 9.17) is 4.74 Å². The fraction of sp³-hybridized carbons (Fsp3) is 0.438. The van der Waals surface area contributed by atoms with Gasteiger partial charge >= 0.3 is 6.09 Å². The second-order valence-corrected chi connectivity index (χ2v) is 5.42. The minimum atomic E-state index is -0.470. The molecule has 0 spiro atoms. The van der Waals surface area contributed by atoms with Crippen molar-refractivity contribution in [2.75, 3.05) is 6.54 Å². The Kier molecular flexibility index (Phi) is 5.61. The number of nitrogens with zero attached hydrogens (tertiary/aromatic N) is 1. The molecule has 0 aliphatic carbocycles. The summed E-state index contributed by atoms with van der Waals surface area (Å²) in [6, 6.07) is 9.92. The van der Waals surface area contributed by atoms with Gasteiger partial charge in [0, 0.05) is 13.1 Å². The summed E-state index contributed by atoms with van der Waals surface area (Å²) in [7, 11) is 0. The molecule has 1 rings (SSSR count). The molecule has 3 nitrogen and oxygen atoms in total. The summed E-state index contributed by atoms with van der Waals surface area (Å²) in [6.45, 7) is 8.68. The molecule has 0 saturated heterocycles. The Hall–Kier alpha value is -1.77. The Bertz CT molecular complexity index is 418. The first-order chi connectivity index (χ1) is 8.92. The van der Waals surface area contributed by atoms with Crippen LogP contribution in [0.1, 0.15) is 33.3 Å². The SMILES string of the molecule is C/C=C/CN(Cc1ccccc1)C(=O)OC(C)(C)C. The third-order valence-corrected chi connectivity index (χ3v) is 2.43. The normalized spacial score (nSPS) is 11.6. The number of carbonyl (C=O) groups is 1. The standard InChI is InChI=1S/C16H23NO2/c1-5-6-12-17(15(18)19-16(2,3)4)13-14-10-8-7-9-11-14/h5-11H,12-13H2,1-4H3/b6-5+. The average molecular weight is 261 g/mol. The van der Waals surface area contributed by atoms with Gasteiger partial charge in [-0.3, -0.25) is 0 Å². The first-order valence-corrected chi connectivity index (χ1v) is 6.55. The van der Waals surface area contributed by atoms with Gasteiger partial charge in [-0.2, -0.15) is 0 Å². The maximum Gasteiger partial charge on any atom is 0.410 e. The van der Waals surface area contributed by atoms with Crippen LogP contribution < -0.4 is 0 Å². The molecule has 0 radical (unpaired) electrons. The van der Waals surface area contributed by atoms with E-state index in [1.165, 1.54) is 0 Å². The fourth-order valence-corrected chi connectivity index (χ4v) is 1.57. The number of carbonyl (C=O) groups excluding carboxylic acids is 1. The van der Waals surface area contributed by atoms with Crippen LogP contribution in [-0.4, -0.2) is 23.1 Å². The number of rotatable bonds is 4. The zero-order chi connectivity index (χ0) is 14.3. The van der Waals surface area contributed by atoms with Gasteiger partial charge in [0.15, 0.2) is 0 Å². The molecule has 0 N–H and O–H groups in total. The molecule has 0 fully saturated rings. The van der Waals surface area contributed by atoms with Crippen LogP contribution in [0.15, 0.2) is 42.5 Å². The van der Waals surface area contributed by atoms with Crippen molar-refractivity contribution >= 4 is 6.09 Å². The van der Waals surface area contributed by atoms with E-state index in [1.807, 2.05) is 70.2 Å². The zero-order valence-corrected chi connectivity index (χ0v) is 12.2. The minimum Gasteiger partial charge on any atom is -0.444 e. The van der Waals surface area contributed by atoms with Crippen molar-refractivity contribution in [3.8, 4) is 0 Å². The Morgan fingerprint density at radius 2 is 1.89 bits per heavy atom. The molecule has 19 heavy (non-hydrogen) atoms. The maximum atomic E-state index is 12.1. The average Bonchev–Trinajstić information content (AvgIpc) is 2.33. The lowest BCUT2D eigenvalue weighted by Crippen LogP contribution is -2.36. The van der Waals surface area contributed by atoms with E-state index in [2.05, 4.69) is 0 Å². The molecule has 0 aliphatic rings. The Labute approximate surface area is 115 Å². The number of ether oxygens (including phenoxy) is 1. The lowest BCUT2D eigenvalue weighted by molar-refractivity contribution is 0.0256. The topological polar surface area (TPSA) is 29.5 Å². The quantitative estimate of drug-likeness (QED) is 0.767. The van der Waals surface area contributed by atoms with E-state index in [9.17, 15) is 4.79 Å². The lowest BCUT2D eigenvalue weighted by Gasteiger charge is -2.26. The van der Waals surface area contributed by atoms with E-state index < -0.39 is 5.60 Å². The molecule has 0 aromatic heterocycles. The predicted octanol–water partition coefficient (Wildman–Crippen LogP) is 4.00. The molecular weight excluding hydrogens is 238 g/mol. The highest BCUT2D eigenvalue weighted by Crippen LogP contribution is 2.12. The van der Waals surface area contributed by atoms with Gasteiger partial charge in [0.1, 0.15) is 5.60 Å². The van der Waals surface area contributed by atoms with Crippen LogP contribution in [0.25, 0.3) is 0 Å². The van der Waals surface area contributed by atoms with Gasteiger partial charge in [-0.25, -0.2) is 4.79 Å². The Morgan fingerprint density at radius 3 is 2.42 bits per heavy atom. The predicted molar refractivity (Wildman–Crippen MR) is 77.9 cm³/mol. The van der Waals surface area contributed by atoms with Crippen LogP contribution in [0.2, 0.25) is 0 Å². The Balaban J connectivity index is 2.74. The van der Waals surface area contributed by atoms with Crippen LogP contribution in [0, 0.1) is 0 Å². The molecular formula is C16H23NO2. The molecule has 0 bridgehead atoms. The molecule has 0 heterocycles. The summed E-state index contributed by atoms with van der Waals surface area (Å²) in [5.41, 5.74) is 0.625. The highest BCUT2D eigenvalue weighted by Gasteiger charge is 2.21. The van der Waals surface area contributed by atoms with Gasteiger partial charge in [0.05, 0.1) is 0 Å². The van der Waals surface area contributed by atoms with Crippen molar-refractivity contribution < 1.29 is 9.53 Å². The van der Waals surface area contributed by atoms with Crippen molar-refractivity contribution in [2.45, 2.75) is 39.8 Å². The molecule has 1 aromatic carbocycles. The van der Waals surface area contributed by atoms with Crippen LogP contribution in [0.3, 0.4) is 0 Å². The highest BCUT2D eigenvalue weighted by molar-refractivity contribution is 5.68. The van der Waals surface area contributed by atoms with E-state index in [0.29, 0.717) is 13.1 Å². The number of amides is 1. The van der Waals surface area contributed by atoms with E-state index >= 15 is 0 Å². The summed E-state index contributed by atoms with van der Waals surface area (Å²) >= 11 is 0. The smallest absolute Gasteiger partial charge is 0.410 e. The molecule has 0 aliphatic heterocycles. The third kappa shape index (κ3) is 6.09. The molecule has 0 unspecified atom stereocenters. The largest absolute Gasteiger partial charge is 0.444 e. The van der Waals surface area contributed by atoms with Gasteiger partial charge in [0.25, 0.3) is 0 Å². The van der Waals surface area contributed by atoms with Crippen molar-refractivity contribution in [1.82, 2.24) is 4.90 Å². The molecule has 3 heteroatoms. The molecule has 104 valence electrons. The number of benzene rings is 1. The first-order valence-electron chi connectivity index (χ1n) is 6.55.